The lowest BCUT2D eigenvalue weighted by molar-refractivity contribution is 0.432. The van der Waals surface area contributed by atoms with Gasteiger partial charge < -0.3 is 11.5 Å². The van der Waals surface area contributed by atoms with Gasteiger partial charge in [0.15, 0.2) is 0 Å². The number of benzene rings is 10. The lowest BCUT2D eigenvalue weighted by atomic mass is 9.69. The second kappa shape index (κ2) is 20.6. The Bertz CT molecular complexity index is 3350. The molecule has 0 bridgehead atoms. The lowest BCUT2D eigenvalue weighted by Gasteiger charge is -2.39. The van der Waals surface area contributed by atoms with Crippen molar-refractivity contribution in [3.63, 3.8) is 0 Å². The van der Waals surface area contributed by atoms with E-state index in [1.165, 1.54) is 58.9 Å². The third-order valence-electron chi connectivity index (χ3n) is 13.1. The van der Waals surface area contributed by atoms with Gasteiger partial charge in [0.25, 0.3) is 0 Å². The largest absolute Gasteiger partial charge is 0.330 e. The summed E-state index contributed by atoms with van der Waals surface area (Å²) in [4.78, 5) is 0. The van der Waals surface area contributed by atoms with E-state index in [4.69, 9.17) is 11.5 Å². The van der Waals surface area contributed by atoms with Gasteiger partial charge in [-0.2, -0.15) is 0 Å². The highest BCUT2D eigenvalue weighted by Crippen LogP contribution is 2.48. The van der Waals surface area contributed by atoms with E-state index in [0.717, 1.165) is 51.3 Å². The normalized spacial score (nSPS) is 12.5. The number of fused-ring (bicyclic) bond motifs is 5. The molecule has 1 aromatic heterocycles. The molecule has 0 spiro atoms. The quantitative estimate of drug-likeness (QED) is 0.144. The molecule has 0 aliphatic rings. The summed E-state index contributed by atoms with van der Waals surface area (Å²) in [5, 5.41) is 7.22. The minimum Gasteiger partial charge on any atom is -0.330 e. The summed E-state index contributed by atoms with van der Waals surface area (Å²) in [6, 6.07) is 82.6. The zero-order valence-corrected chi connectivity index (χ0v) is 39.5. The van der Waals surface area contributed by atoms with Crippen LogP contribution in [0.3, 0.4) is 0 Å². The van der Waals surface area contributed by atoms with Gasteiger partial charge in [-0.1, -0.05) is 232 Å². The summed E-state index contributed by atoms with van der Waals surface area (Å²) >= 11 is 1.85. The van der Waals surface area contributed by atoms with E-state index < -0.39 is 5.54 Å². The highest BCUT2D eigenvalue weighted by atomic mass is 32.1. The molecule has 2 unspecified atom stereocenters. The number of nitrogens with two attached hydrogens (primary N) is 2. The smallest absolute Gasteiger partial charge is 0.0753 e. The monoisotopic (exact) mass is 886 g/mol. The maximum absolute atomic E-state index is 7.98. The molecule has 0 saturated heterocycles. The number of aryl methyl sites for hydroxylation is 3. The summed E-state index contributed by atoms with van der Waals surface area (Å²) < 4.78 is 2.57. The van der Waals surface area contributed by atoms with E-state index >= 15 is 0 Å². The Balaban J connectivity index is 0.000000299. The summed E-state index contributed by atoms with van der Waals surface area (Å²) in [5.41, 5.74) is 26.1. The Morgan fingerprint density at radius 1 is 0.478 bits per heavy atom. The molecule has 11 aromatic rings. The Morgan fingerprint density at radius 3 is 1.78 bits per heavy atom. The second-order valence-corrected chi connectivity index (χ2v) is 18.3. The highest BCUT2D eigenvalue weighted by molar-refractivity contribution is 7.26. The Morgan fingerprint density at radius 2 is 1.07 bits per heavy atom. The van der Waals surface area contributed by atoms with Crippen molar-refractivity contribution >= 4 is 53.1 Å². The molecule has 11 rings (SSSR count). The van der Waals surface area contributed by atoms with Gasteiger partial charge in [-0.05, 0) is 110 Å². The van der Waals surface area contributed by atoms with Crippen LogP contribution in [-0.2, 0) is 18.4 Å². The van der Waals surface area contributed by atoms with Crippen LogP contribution in [0.5, 0.6) is 0 Å². The van der Waals surface area contributed by atoms with E-state index in [0.29, 0.717) is 6.54 Å². The van der Waals surface area contributed by atoms with Gasteiger partial charge in [-0.15, -0.1) is 11.3 Å². The topological polar surface area (TPSA) is 52.0 Å². The summed E-state index contributed by atoms with van der Waals surface area (Å²) in [6.07, 6.45) is 2.26. The molecule has 0 aliphatic heterocycles. The number of hydrogen-bond donors (Lipinski definition) is 2. The maximum atomic E-state index is 7.98. The van der Waals surface area contributed by atoms with Crippen LogP contribution in [0.2, 0.25) is 0 Å². The fourth-order valence-corrected chi connectivity index (χ4v) is 10.9. The van der Waals surface area contributed by atoms with Crippen LogP contribution >= 0.6 is 11.3 Å². The van der Waals surface area contributed by atoms with Crippen molar-refractivity contribution in [2.75, 3.05) is 6.54 Å². The molecule has 10 aromatic carbocycles. The third kappa shape index (κ3) is 9.32. The molecule has 0 radical (unpaired) electrons. The van der Waals surface area contributed by atoms with Gasteiger partial charge >= 0.3 is 0 Å². The predicted molar refractivity (Wildman–Crippen MR) is 291 cm³/mol. The van der Waals surface area contributed by atoms with Crippen molar-refractivity contribution in [2.45, 2.75) is 45.1 Å². The molecule has 2 nitrogen and oxygen atoms in total. The first kappa shape index (κ1) is 45.0. The molecule has 67 heavy (non-hydrogen) atoms. The van der Waals surface area contributed by atoms with E-state index in [1.807, 2.05) is 25.2 Å². The molecule has 0 saturated carbocycles. The van der Waals surface area contributed by atoms with Crippen LogP contribution < -0.4 is 11.5 Å². The Kier molecular flexibility index (Phi) is 13.8. The van der Waals surface area contributed by atoms with Crippen LogP contribution in [-0.4, -0.2) is 6.54 Å². The second-order valence-electron chi connectivity index (χ2n) is 17.2. The molecule has 0 amide bonds. The summed E-state index contributed by atoms with van der Waals surface area (Å²) in [5.74, 6) is -0.231. The molecule has 3 heteroatoms. The van der Waals surface area contributed by atoms with Gasteiger partial charge in [-0.3, -0.25) is 0 Å². The van der Waals surface area contributed by atoms with Gasteiger partial charge in [0, 0.05) is 32.6 Å². The average molecular weight is 887 g/mol. The van der Waals surface area contributed by atoms with E-state index in [-0.39, 0.29) is 5.92 Å². The lowest BCUT2D eigenvalue weighted by Crippen LogP contribution is -2.47. The Hall–Kier alpha value is -7.14. The Labute approximate surface area is 400 Å². The van der Waals surface area contributed by atoms with Gasteiger partial charge in [0.2, 0.25) is 0 Å². The molecular weight excluding hydrogens is 829 g/mol. The van der Waals surface area contributed by atoms with E-state index in [9.17, 15) is 0 Å². The number of hydrogen-bond acceptors (Lipinski definition) is 3. The molecule has 4 N–H and O–H groups in total. The van der Waals surface area contributed by atoms with Crippen molar-refractivity contribution in [3.8, 4) is 22.3 Å². The maximum Gasteiger partial charge on any atom is 0.0753 e. The molecule has 2 atom stereocenters. The molecule has 1 heterocycles. The minimum absolute atomic E-state index is 0.231. The zero-order chi connectivity index (χ0) is 46.2. The van der Waals surface area contributed by atoms with Crippen molar-refractivity contribution < 1.29 is 0 Å². The standard InChI is InChI=1S/C48H38N2S.C14H14.C2H6/c1-31-20-22-34(23-21-31)40-26-27-45-47(41-17-6-7-19-44(41)51-45)46(40)37-15-8-14-36(28-37)43(30-49)48(50,38-25-24-32-10-2-3-12-35(32)29-38)42-18-9-13-33-11-4-5-16-39(33)42;1-3-7-13(8-4-1)11-12-14-9-5-2-6-10-14;1-2/h2-29,43H,30,49-50H2,1H3;1-10H,11-12H2;1-2H3. The fourth-order valence-electron chi connectivity index (χ4n) is 9.74. The SMILES string of the molecule is CC.Cc1ccc(-c2ccc3sc4ccccc4c3c2-c2cccc(C(CN)C(N)(c3ccc4ccccc4c3)c3cccc4ccccc34)c2)cc1.c1ccc(CCc2ccccc2)cc1. The van der Waals surface area contributed by atoms with Gasteiger partial charge in [0.05, 0.1) is 5.54 Å². The number of thiophene rings is 1. The van der Waals surface area contributed by atoms with Crippen molar-refractivity contribution in [3.05, 3.63) is 264 Å². The number of rotatable bonds is 10. The molecule has 330 valence electrons. The van der Waals surface area contributed by atoms with Crippen molar-refractivity contribution in [2.24, 2.45) is 11.5 Å². The van der Waals surface area contributed by atoms with E-state index in [2.05, 4.69) is 237 Å². The minimum atomic E-state index is -0.931. The van der Waals surface area contributed by atoms with Crippen molar-refractivity contribution in [1.29, 1.82) is 0 Å². The van der Waals surface area contributed by atoms with Crippen LogP contribution in [0.15, 0.2) is 231 Å². The van der Waals surface area contributed by atoms with Crippen molar-refractivity contribution in [1.82, 2.24) is 0 Å². The first-order valence-electron chi connectivity index (χ1n) is 23.6. The van der Waals surface area contributed by atoms with Crippen LogP contribution in [0.25, 0.3) is 64.0 Å². The fraction of sp³-hybridized carbons (Fsp3) is 0.125. The molecular formula is C64H58N2S. The molecule has 0 fully saturated rings. The van der Waals surface area contributed by atoms with Crippen LogP contribution in [0.4, 0.5) is 0 Å². The first-order chi connectivity index (χ1) is 33.0. The van der Waals surface area contributed by atoms with Gasteiger partial charge in [-0.25, -0.2) is 0 Å². The summed E-state index contributed by atoms with van der Waals surface area (Å²) in [7, 11) is 0. The summed E-state index contributed by atoms with van der Waals surface area (Å²) in [6.45, 7) is 6.51. The first-order valence-corrected chi connectivity index (χ1v) is 24.5. The third-order valence-corrected chi connectivity index (χ3v) is 14.3. The van der Waals surface area contributed by atoms with Crippen LogP contribution in [0.1, 0.15) is 53.1 Å². The predicted octanol–water partition coefficient (Wildman–Crippen LogP) is 16.4. The van der Waals surface area contributed by atoms with Gasteiger partial charge in [0.1, 0.15) is 0 Å². The zero-order valence-electron chi connectivity index (χ0n) is 38.7. The highest BCUT2D eigenvalue weighted by Gasteiger charge is 2.40. The van der Waals surface area contributed by atoms with E-state index in [1.54, 1.807) is 0 Å². The molecule has 0 aliphatic carbocycles. The van der Waals surface area contributed by atoms with Crippen LogP contribution in [0, 0.1) is 6.92 Å². The average Bonchev–Trinajstić information content (AvgIpc) is 3.78.